The minimum atomic E-state index is -3.11. The van der Waals surface area contributed by atoms with Crippen molar-refractivity contribution in [3.63, 3.8) is 0 Å². The van der Waals surface area contributed by atoms with E-state index in [1.165, 1.54) is 6.92 Å². The third-order valence-corrected chi connectivity index (χ3v) is 7.08. The van der Waals surface area contributed by atoms with Crippen LogP contribution in [0.2, 0.25) is 0 Å². The lowest BCUT2D eigenvalue weighted by molar-refractivity contribution is -0.114. The number of anilines is 2. The van der Waals surface area contributed by atoms with E-state index in [1.807, 2.05) is 31.2 Å². The predicted octanol–water partition coefficient (Wildman–Crippen LogP) is 3.43. The number of nitrogens with zero attached hydrogens (tertiary/aromatic N) is 2. The maximum absolute atomic E-state index is 12.9. The molecular formula is C23H24N4O4S. The van der Waals surface area contributed by atoms with Crippen molar-refractivity contribution in [3.8, 4) is 11.3 Å². The van der Waals surface area contributed by atoms with E-state index in [4.69, 9.17) is 0 Å². The van der Waals surface area contributed by atoms with Crippen LogP contribution in [0.25, 0.3) is 11.3 Å². The van der Waals surface area contributed by atoms with Gasteiger partial charge in [0.15, 0.2) is 15.5 Å². The maximum atomic E-state index is 12.9. The molecule has 1 aliphatic rings. The Bertz CT molecular complexity index is 1260. The third kappa shape index (κ3) is 4.88. The summed E-state index contributed by atoms with van der Waals surface area (Å²) in [5.74, 6) is -0.443. The zero-order valence-electron chi connectivity index (χ0n) is 17.8. The van der Waals surface area contributed by atoms with E-state index in [0.717, 1.165) is 11.1 Å². The Morgan fingerprint density at radius 3 is 2.19 bits per heavy atom. The van der Waals surface area contributed by atoms with Gasteiger partial charge in [-0.3, -0.25) is 14.3 Å². The highest BCUT2D eigenvalue weighted by molar-refractivity contribution is 7.91. The highest BCUT2D eigenvalue weighted by Gasteiger charge is 2.32. The van der Waals surface area contributed by atoms with Crippen LogP contribution in [0.5, 0.6) is 0 Å². The molecule has 0 unspecified atom stereocenters. The van der Waals surface area contributed by atoms with Crippen LogP contribution < -0.4 is 10.6 Å². The van der Waals surface area contributed by atoms with Gasteiger partial charge in [-0.05, 0) is 49.2 Å². The van der Waals surface area contributed by atoms with Crippen LogP contribution in [0.3, 0.4) is 0 Å². The molecular weight excluding hydrogens is 428 g/mol. The molecule has 0 saturated carbocycles. The van der Waals surface area contributed by atoms with Gasteiger partial charge in [-0.2, -0.15) is 5.10 Å². The number of carbonyl (C=O) groups excluding carboxylic acids is 2. The molecule has 0 radical (unpaired) electrons. The van der Waals surface area contributed by atoms with Gasteiger partial charge >= 0.3 is 0 Å². The van der Waals surface area contributed by atoms with Crippen molar-refractivity contribution >= 4 is 33.0 Å². The summed E-state index contributed by atoms with van der Waals surface area (Å²) >= 11 is 0. The fourth-order valence-electron chi connectivity index (χ4n) is 3.73. The summed E-state index contributed by atoms with van der Waals surface area (Å²) in [5.41, 5.74) is 4.06. The van der Waals surface area contributed by atoms with Gasteiger partial charge in [-0.25, -0.2) is 8.42 Å². The second kappa shape index (κ2) is 8.58. The summed E-state index contributed by atoms with van der Waals surface area (Å²) < 4.78 is 25.7. The van der Waals surface area contributed by atoms with Crippen molar-refractivity contribution in [1.82, 2.24) is 9.78 Å². The lowest BCUT2D eigenvalue weighted by Gasteiger charge is -2.13. The summed E-state index contributed by atoms with van der Waals surface area (Å²) in [4.78, 5) is 24.0. The molecule has 3 aromatic rings. The largest absolute Gasteiger partial charge is 0.326 e. The molecule has 1 aromatic heterocycles. The van der Waals surface area contributed by atoms with Crippen LogP contribution in [-0.4, -0.2) is 41.5 Å². The molecule has 4 rings (SSSR count). The lowest BCUT2D eigenvalue weighted by Crippen LogP contribution is -2.16. The molecule has 32 heavy (non-hydrogen) atoms. The fraction of sp³-hybridized carbons (Fsp3) is 0.261. The maximum Gasteiger partial charge on any atom is 0.276 e. The SMILES string of the molecule is CC(=O)Nc1ccc(NC(=O)c2cc(-c3ccc(C)cc3)n([C@@H]3CCS(=O)(=O)C3)n2)cc1. The molecule has 0 spiro atoms. The zero-order valence-corrected chi connectivity index (χ0v) is 18.6. The zero-order chi connectivity index (χ0) is 22.9. The summed E-state index contributed by atoms with van der Waals surface area (Å²) in [6, 6.07) is 15.9. The Morgan fingerprint density at radius 1 is 1.00 bits per heavy atom. The second-order valence-corrected chi connectivity index (χ2v) is 10.2. The van der Waals surface area contributed by atoms with Crippen molar-refractivity contribution < 1.29 is 18.0 Å². The van der Waals surface area contributed by atoms with Gasteiger partial charge in [0, 0.05) is 18.3 Å². The highest BCUT2D eigenvalue weighted by atomic mass is 32.2. The van der Waals surface area contributed by atoms with E-state index in [-0.39, 0.29) is 29.1 Å². The third-order valence-electron chi connectivity index (χ3n) is 5.33. The van der Waals surface area contributed by atoms with Gasteiger partial charge in [0.2, 0.25) is 5.91 Å². The van der Waals surface area contributed by atoms with Gasteiger partial charge in [0.25, 0.3) is 5.91 Å². The lowest BCUT2D eigenvalue weighted by atomic mass is 10.1. The van der Waals surface area contributed by atoms with Gasteiger partial charge in [0.1, 0.15) is 0 Å². The molecule has 2 amide bonds. The van der Waals surface area contributed by atoms with Crippen molar-refractivity contribution in [2.45, 2.75) is 26.3 Å². The molecule has 0 aliphatic carbocycles. The number of nitrogens with one attached hydrogen (secondary N) is 2. The number of rotatable bonds is 5. The Balaban J connectivity index is 1.62. The first-order valence-corrected chi connectivity index (χ1v) is 12.1. The van der Waals surface area contributed by atoms with E-state index in [9.17, 15) is 18.0 Å². The number of hydrogen-bond acceptors (Lipinski definition) is 5. The molecule has 166 valence electrons. The molecule has 1 aliphatic heterocycles. The van der Waals surface area contributed by atoms with E-state index >= 15 is 0 Å². The quantitative estimate of drug-likeness (QED) is 0.616. The van der Waals surface area contributed by atoms with Crippen LogP contribution in [0.15, 0.2) is 54.6 Å². The molecule has 0 bridgehead atoms. The van der Waals surface area contributed by atoms with E-state index < -0.39 is 15.7 Å². The van der Waals surface area contributed by atoms with Gasteiger partial charge in [-0.1, -0.05) is 29.8 Å². The number of carbonyl (C=O) groups is 2. The van der Waals surface area contributed by atoms with Gasteiger partial charge in [0.05, 0.1) is 23.2 Å². The van der Waals surface area contributed by atoms with Crippen molar-refractivity contribution in [3.05, 3.63) is 65.9 Å². The highest BCUT2D eigenvalue weighted by Crippen LogP contribution is 2.30. The summed E-state index contributed by atoms with van der Waals surface area (Å²) in [7, 11) is -3.11. The van der Waals surface area contributed by atoms with Crippen LogP contribution >= 0.6 is 0 Å². The minimum absolute atomic E-state index is 0.0131. The van der Waals surface area contributed by atoms with Crippen molar-refractivity contribution in [1.29, 1.82) is 0 Å². The Labute approximate surface area is 186 Å². The number of aryl methyl sites for hydroxylation is 1. The summed E-state index contributed by atoms with van der Waals surface area (Å²) in [6.45, 7) is 3.41. The van der Waals surface area contributed by atoms with Crippen LogP contribution in [0.1, 0.15) is 35.4 Å². The summed E-state index contributed by atoms with van der Waals surface area (Å²) in [5, 5.41) is 9.97. The normalized spacial score (nSPS) is 17.1. The average molecular weight is 453 g/mol. The first-order valence-electron chi connectivity index (χ1n) is 10.3. The monoisotopic (exact) mass is 452 g/mol. The number of aromatic nitrogens is 2. The Morgan fingerprint density at radius 2 is 1.62 bits per heavy atom. The first kappa shape index (κ1) is 21.8. The number of hydrogen-bond donors (Lipinski definition) is 2. The van der Waals surface area contributed by atoms with E-state index in [1.54, 1.807) is 35.0 Å². The minimum Gasteiger partial charge on any atom is -0.326 e. The smallest absolute Gasteiger partial charge is 0.276 e. The van der Waals surface area contributed by atoms with Crippen molar-refractivity contribution in [2.24, 2.45) is 0 Å². The fourth-order valence-corrected chi connectivity index (χ4v) is 5.42. The van der Waals surface area contributed by atoms with E-state index in [2.05, 4.69) is 15.7 Å². The summed E-state index contributed by atoms with van der Waals surface area (Å²) in [6.07, 6.45) is 0.467. The van der Waals surface area contributed by atoms with Crippen LogP contribution in [-0.2, 0) is 14.6 Å². The average Bonchev–Trinajstić information content (AvgIpc) is 3.33. The van der Waals surface area contributed by atoms with Crippen molar-refractivity contribution in [2.75, 3.05) is 22.1 Å². The molecule has 2 aromatic carbocycles. The molecule has 1 fully saturated rings. The van der Waals surface area contributed by atoms with Crippen LogP contribution in [0.4, 0.5) is 11.4 Å². The number of sulfone groups is 1. The number of amides is 2. The standard InChI is InChI=1S/C23H24N4O4S/c1-15-3-5-17(6-4-15)22-13-21(26-27(22)20-11-12-32(30,31)14-20)23(29)25-19-9-7-18(8-10-19)24-16(2)28/h3-10,13,20H,11-12,14H2,1-2H3,(H,24,28)(H,25,29)/t20-/m1/s1. The molecule has 8 nitrogen and oxygen atoms in total. The Hall–Kier alpha value is -3.46. The molecule has 2 heterocycles. The second-order valence-electron chi connectivity index (χ2n) is 7.99. The topological polar surface area (TPSA) is 110 Å². The molecule has 2 N–H and O–H groups in total. The predicted molar refractivity (Wildman–Crippen MR) is 123 cm³/mol. The first-order chi connectivity index (χ1) is 15.2. The molecule has 1 saturated heterocycles. The Kier molecular flexibility index (Phi) is 5.84. The van der Waals surface area contributed by atoms with Crippen LogP contribution in [0, 0.1) is 6.92 Å². The van der Waals surface area contributed by atoms with E-state index in [0.29, 0.717) is 23.5 Å². The molecule has 9 heteroatoms. The van der Waals surface area contributed by atoms with Gasteiger partial charge in [-0.15, -0.1) is 0 Å². The van der Waals surface area contributed by atoms with Gasteiger partial charge < -0.3 is 10.6 Å². The number of benzene rings is 2. The molecule has 1 atom stereocenters.